The molecule has 0 aliphatic rings. The molecule has 0 aliphatic heterocycles. The third kappa shape index (κ3) is 9.92. The van der Waals surface area contributed by atoms with Gasteiger partial charge in [0.1, 0.15) is 0 Å². The van der Waals surface area contributed by atoms with E-state index in [1.807, 2.05) is 72.8 Å². The van der Waals surface area contributed by atoms with E-state index >= 15 is 0 Å². The van der Waals surface area contributed by atoms with Crippen molar-refractivity contribution in [1.82, 2.24) is 0 Å². The SMILES string of the molecule is Br.Br.Oc1cc[c]([Bi]([c]2ccc(O)cc2)[c]2ccc(O)cc2)cc1.Oc1cc[c]([Bi]([c]2ccc(O)cc2)[c]2ccc(O)cc2)cc1. The zero-order valence-electron chi connectivity index (χ0n) is 24.3. The summed E-state index contributed by atoms with van der Waals surface area (Å²) in [4.78, 5) is 0. The van der Waals surface area contributed by atoms with Crippen LogP contribution in [0, 0.1) is 0 Å². The summed E-state index contributed by atoms with van der Waals surface area (Å²) in [5.41, 5.74) is 0. The minimum atomic E-state index is -2.48. The van der Waals surface area contributed by atoms with Gasteiger partial charge in [-0.05, 0) is 0 Å². The van der Waals surface area contributed by atoms with E-state index in [9.17, 15) is 30.6 Å². The number of aromatic hydroxyl groups is 6. The van der Waals surface area contributed by atoms with Gasteiger partial charge in [-0.25, -0.2) is 0 Å². The van der Waals surface area contributed by atoms with E-state index < -0.39 is 43.5 Å². The number of hydrogen-bond donors (Lipinski definition) is 6. The Morgan fingerprint density at radius 3 is 0.435 bits per heavy atom. The molecule has 10 heteroatoms. The molecule has 0 fully saturated rings. The molecule has 0 amide bonds. The molecule has 0 radical (unpaired) electrons. The Hall–Kier alpha value is -3.15. The van der Waals surface area contributed by atoms with Crippen LogP contribution in [0.25, 0.3) is 0 Å². The third-order valence-corrected chi connectivity index (χ3v) is 25.6. The van der Waals surface area contributed by atoms with Crippen molar-refractivity contribution in [2.45, 2.75) is 0 Å². The summed E-state index contributed by atoms with van der Waals surface area (Å²) in [6.45, 7) is 0. The topological polar surface area (TPSA) is 121 Å². The van der Waals surface area contributed by atoms with Crippen LogP contribution in [0.1, 0.15) is 0 Å². The van der Waals surface area contributed by atoms with Gasteiger partial charge in [-0.15, -0.1) is 34.0 Å². The van der Waals surface area contributed by atoms with Gasteiger partial charge in [-0.3, -0.25) is 0 Å². The molecular weight excluding hydrogens is 1110 g/mol. The number of halogens is 2. The van der Waals surface area contributed by atoms with Crippen molar-refractivity contribution in [3.8, 4) is 34.5 Å². The van der Waals surface area contributed by atoms with Crippen LogP contribution in [0.5, 0.6) is 34.5 Å². The van der Waals surface area contributed by atoms with Crippen LogP contribution < -0.4 is 19.6 Å². The van der Waals surface area contributed by atoms with Crippen molar-refractivity contribution < 1.29 is 30.6 Å². The first kappa shape index (κ1) is 37.3. The van der Waals surface area contributed by atoms with Gasteiger partial charge in [0.05, 0.1) is 0 Å². The van der Waals surface area contributed by atoms with Crippen LogP contribution in [0.15, 0.2) is 146 Å². The predicted molar refractivity (Wildman–Crippen MR) is 199 cm³/mol. The maximum atomic E-state index is 9.51. The van der Waals surface area contributed by atoms with Gasteiger partial charge in [0.25, 0.3) is 0 Å². The molecule has 0 unspecified atom stereocenters. The molecule has 0 spiro atoms. The Morgan fingerprint density at radius 2 is 0.326 bits per heavy atom. The fourth-order valence-corrected chi connectivity index (χ4v) is 21.9. The molecule has 6 rings (SSSR count). The van der Waals surface area contributed by atoms with E-state index in [0.29, 0.717) is 0 Å². The number of phenols is 6. The van der Waals surface area contributed by atoms with Crippen LogP contribution in [0.2, 0.25) is 0 Å². The second-order valence-electron chi connectivity index (χ2n) is 9.77. The van der Waals surface area contributed by atoms with Crippen molar-refractivity contribution in [1.29, 1.82) is 0 Å². The molecule has 0 atom stereocenters. The monoisotopic (exact) mass is 1140 g/mol. The van der Waals surface area contributed by atoms with E-state index in [4.69, 9.17) is 0 Å². The Morgan fingerprint density at radius 1 is 0.217 bits per heavy atom. The van der Waals surface area contributed by atoms with E-state index in [2.05, 4.69) is 0 Å². The molecule has 6 aromatic rings. The van der Waals surface area contributed by atoms with Crippen molar-refractivity contribution in [3.05, 3.63) is 146 Å². The fraction of sp³-hybridized carbons (Fsp3) is 0. The number of hydrogen-bond acceptors (Lipinski definition) is 6. The Kier molecular flexibility index (Phi) is 14.3. The molecular formula is C36H32Bi2Br2O6. The third-order valence-electron chi connectivity index (χ3n) is 6.65. The van der Waals surface area contributed by atoms with Crippen LogP contribution in [0.3, 0.4) is 0 Å². The zero-order valence-corrected chi connectivity index (χ0v) is 34.6. The average Bonchev–Trinajstić information content (AvgIpc) is 3.03. The Balaban J connectivity index is 0.000000240. The van der Waals surface area contributed by atoms with Crippen molar-refractivity contribution >= 4 is 97.1 Å². The molecule has 0 saturated carbocycles. The summed E-state index contributed by atoms with van der Waals surface area (Å²) < 4.78 is 7.36. The first-order valence-electron chi connectivity index (χ1n) is 13.6. The molecule has 236 valence electrons. The molecule has 0 bridgehead atoms. The molecule has 0 heterocycles. The van der Waals surface area contributed by atoms with Gasteiger partial charge < -0.3 is 0 Å². The molecule has 6 aromatic carbocycles. The molecule has 0 saturated heterocycles. The molecule has 0 aromatic heterocycles. The van der Waals surface area contributed by atoms with Crippen LogP contribution in [-0.2, 0) is 0 Å². The molecule has 6 nitrogen and oxygen atoms in total. The summed E-state index contributed by atoms with van der Waals surface area (Å²) >= 11 is -4.96. The van der Waals surface area contributed by atoms with Gasteiger partial charge in [-0.2, -0.15) is 0 Å². The number of phenolic OH excluding ortho intramolecular Hbond substituents is 6. The quantitative estimate of drug-likeness (QED) is 0.142. The minimum absolute atomic E-state index is 0. The van der Waals surface area contributed by atoms with E-state index in [0.717, 1.165) is 0 Å². The summed E-state index contributed by atoms with van der Waals surface area (Å²) in [7, 11) is 0. The zero-order chi connectivity index (χ0) is 31.1. The van der Waals surface area contributed by atoms with Crippen LogP contribution >= 0.6 is 34.0 Å². The van der Waals surface area contributed by atoms with Gasteiger partial charge >= 0.3 is 274 Å². The summed E-state index contributed by atoms with van der Waals surface area (Å²) in [5.74, 6) is 1.52. The van der Waals surface area contributed by atoms with Gasteiger partial charge in [0.15, 0.2) is 0 Å². The second-order valence-corrected chi connectivity index (χ2v) is 27.0. The van der Waals surface area contributed by atoms with Crippen LogP contribution in [-0.4, -0.2) is 74.1 Å². The van der Waals surface area contributed by atoms with Crippen molar-refractivity contribution in [2.24, 2.45) is 0 Å². The standard InChI is InChI=1S/6C6H5O.2Bi.2BrH/c6*7-6-4-2-1-3-5-6;;;;/h6*2-5,7H;;;2*1H. The predicted octanol–water partition coefficient (Wildman–Crippen LogP) is 3.80. The molecule has 0 aliphatic carbocycles. The van der Waals surface area contributed by atoms with Crippen LogP contribution in [0.4, 0.5) is 0 Å². The van der Waals surface area contributed by atoms with Crippen molar-refractivity contribution in [3.63, 3.8) is 0 Å². The first-order valence-corrected chi connectivity index (χ1v) is 24.0. The number of rotatable bonds is 6. The normalized spacial score (nSPS) is 10.3. The van der Waals surface area contributed by atoms with Gasteiger partial charge in [0.2, 0.25) is 0 Å². The summed E-state index contributed by atoms with van der Waals surface area (Å²) in [6.07, 6.45) is 0. The van der Waals surface area contributed by atoms with Gasteiger partial charge in [-0.1, -0.05) is 0 Å². The molecule has 6 N–H and O–H groups in total. The first-order chi connectivity index (χ1) is 21.3. The average molecular weight is 1140 g/mol. The second kappa shape index (κ2) is 17.7. The Bertz CT molecular complexity index is 1430. The number of benzene rings is 6. The molecule has 46 heavy (non-hydrogen) atoms. The maximum absolute atomic E-state index is 9.51. The Labute approximate surface area is 304 Å². The van der Waals surface area contributed by atoms with E-state index in [-0.39, 0.29) is 68.5 Å². The van der Waals surface area contributed by atoms with E-state index in [1.165, 1.54) is 19.6 Å². The van der Waals surface area contributed by atoms with Gasteiger partial charge in [0, 0.05) is 0 Å². The fourth-order valence-electron chi connectivity index (χ4n) is 4.50. The van der Waals surface area contributed by atoms with Crippen molar-refractivity contribution in [2.75, 3.05) is 0 Å². The van der Waals surface area contributed by atoms with E-state index in [1.54, 1.807) is 72.8 Å². The summed E-state index contributed by atoms with van der Waals surface area (Å²) in [6, 6.07) is 44.1. The summed E-state index contributed by atoms with van der Waals surface area (Å²) in [5, 5.41) is 57.1.